The quantitative estimate of drug-likeness (QED) is 0.744. The van der Waals surface area contributed by atoms with Gasteiger partial charge in [-0.25, -0.2) is 4.98 Å². The molecule has 1 aromatic carbocycles. The number of aliphatic hydroxyl groups excluding tert-OH is 1. The lowest BCUT2D eigenvalue weighted by molar-refractivity contribution is 0.101. The van der Waals surface area contributed by atoms with Crippen molar-refractivity contribution in [1.29, 1.82) is 0 Å². The van der Waals surface area contributed by atoms with Crippen LogP contribution in [0.4, 0.5) is 5.82 Å². The number of anilines is 1. The lowest BCUT2D eigenvalue weighted by Gasteiger charge is -2.31. The van der Waals surface area contributed by atoms with Gasteiger partial charge in [0.2, 0.25) is 0 Å². The molecule has 1 saturated heterocycles. The van der Waals surface area contributed by atoms with Crippen molar-refractivity contribution in [2.75, 3.05) is 18.0 Å². The van der Waals surface area contributed by atoms with Crippen LogP contribution in [0.25, 0.3) is 16.8 Å². The molecule has 3 aromatic rings. The Labute approximate surface area is 145 Å². The number of nitrogens with zero attached hydrogens (tertiary/aromatic N) is 4. The number of piperidine rings is 1. The summed E-state index contributed by atoms with van der Waals surface area (Å²) in [7, 11) is 0. The van der Waals surface area contributed by atoms with E-state index in [0.29, 0.717) is 5.56 Å². The highest BCUT2D eigenvalue weighted by atomic mass is 16.3. The average Bonchev–Trinajstić information content (AvgIpc) is 3.07. The predicted molar refractivity (Wildman–Crippen MR) is 95.9 cm³/mol. The van der Waals surface area contributed by atoms with Gasteiger partial charge in [-0.05, 0) is 37.5 Å². The van der Waals surface area contributed by atoms with E-state index in [4.69, 9.17) is 0 Å². The first-order valence-electron chi connectivity index (χ1n) is 8.50. The van der Waals surface area contributed by atoms with Crippen LogP contribution in [0.1, 0.15) is 30.1 Å². The summed E-state index contributed by atoms with van der Waals surface area (Å²) in [6, 6.07) is 9.49. The number of carbonyl (C=O) groups excluding carboxylic acids is 1. The van der Waals surface area contributed by atoms with Crippen molar-refractivity contribution in [3.8, 4) is 11.1 Å². The maximum absolute atomic E-state index is 11.7. The first kappa shape index (κ1) is 15.8. The molecule has 6 nitrogen and oxygen atoms in total. The summed E-state index contributed by atoms with van der Waals surface area (Å²) < 4.78 is 1.84. The number of carbonyl (C=O) groups is 1. The summed E-state index contributed by atoms with van der Waals surface area (Å²) in [5, 5.41) is 14.3. The molecule has 4 rings (SSSR count). The highest BCUT2D eigenvalue weighted by molar-refractivity contribution is 5.95. The maximum atomic E-state index is 11.7. The zero-order valence-corrected chi connectivity index (χ0v) is 14.1. The van der Waals surface area contributed by atoms with Crippen LogP contribution < -0.4 is 4.90 Å². The van der Waals surface area contributed by atoms with Crippen molar-refractivity contribution in [3.05, 3.63) is 48.3 Å². The molecule has 0 radical (unpaired) electrons. The van der Waals surface area contributed by atoms with Gasteiger partial charge in [0.05, 0.1) is 12.3 Å². The second-order valence-corrected chi connectivity index (χ2v) is 6.45. The number of hydrogen-bond acceptors (Lipinski definition) is 5. The fraction of sp³-hybridized carbons (Fsp3) is 0.316. The molecule has 1 aliphatic rings. The third kappa shape index (κ3) is 2.89. The smallest absolute Gasteiger partial charge is 0.165 e. The molecule has 0 spiro atoms. The zero-order chi connectivity index (χ0) is 17.4. The largest absolute Gasteiger partial charge is 0.393 e. The van der Waals surface area contributed by atoms with E-state index in [2.05, 4.69) is 15.0 Å². The summed E-state index contributed by atoms with van der Waals surface area (Å²) >= 11 is 0. The van der Waals surface area contributed by atoms with Crippen LogP contribution in [0.3, 0.4) is 0 Å². The molecule has 0 unspecified atom stereocenters. The molecular formula is C19H20N4O2. The molecule has 0 saturated carbocycles. The first-order valence-corrected chi connectivity index (χ1v) is 8.50. The van der Waals surface area contributed by atoms with E-state index in [1.165, 1.54) is 0 Å². The Bertz CT molecular complexity index is 926. The number of ketones is 1. The van der Waals surface area contributed by atoms with Gasteiger partial charge in [-0.1, -0.05) is 18.2 Å². The minimum absolute atomic E-state index is 0.0406. The van der Waals surface area contributed by atoms with Crippen LogP contribution in [0.5, 0.6) is 0 Å². The average molecular weight is 336 g/mol. The number of benzene rings is 1. The second-order valence-electron chi connectivity index (χ2n) is 6.45. The number of fused-ring (bicyclic) bond motifs is 1. The van der Waals surface area contributed by atoms with Gasteiger partial charge in [0.25, 0.3) is 0 Å². The van der Waals surface area contributed by atoms with Gasteiger partial charge < -0.3 is 10.0 Å². The third-order valence-electron chi connectivity index (χ3n) is 4.75. The van der Waals surface area contributed by atoms with Crippen LogP contribution in [0.2, 0.25) is 0 Å². The molecule has 1 fully saturated rings. The van der Waals surface area contributed by atoms with Gasteiger partial charge in [-0.2, -0.15) is 9.61 Å². The Morgan fingerprint density at radius 1 is 1.24 bits per heavy atom. The minimum atomic E-state index is -0.212. The predicted octanol–water partition coefficient (Wildman–Crippen LogP) is 2.56. The summed E-state index contributed by atoms with van der Waals surface area (Å²) in [6.07, 6.45) is 4.90. The third-order valence-corrected chi connectivity index (χ3v) is 4.75. The maximum Gasteiger partial charge on any atom is 0.165 e. The van der Waals surface area contributed by atoms with Crippen molar-refractivity contribution in [1.82, 2.24) is 14.6 Å². The standard InChI is InChI=1S/C19H20N4O2/c1-13(24)14-3-2-4-15(11-14)17-12-21-23-18(5-8-20-19(17)23)22-9-6-16(25)7-10-22/h2-5,8,11-12,16,25H,6-7,9-10H2,1H3. The molecule has 0 aliphatic carbocycles. The minimum Gasteiger partial charge on any atom is -0.393 e. The molecule has 0 atom stereocenters. The van der Waals surface area contributed by atoms with Crippen molar-refractivity contribution >= 4 is 17.2 Å². The van der Waals surface area contributed by atoms with Gasteiger partial charge in [0, 0.05) is 30.4 Å². The van der Waals surface area contributed by atoms with Gasteiger partial charge in [-0.3, -0.25) is 4.79 Å². The summed E-state index contributed by atoms with van der Waals surface area (Å²) in [5.74, 6) is 1.02. The van der Waals surface area contributed by atoms with Gasteiger partial charge in [-0.15, -0.1) is 0 Å². The van der Waals surface area contributed by atoms with E-state index >= 15 is 0 Å². The molecule has 3 heterocycles. The highest BCUT2D eigenvalue weighted by Gasteiger charge is 2.20. The molecule has 1 aliphatic heterocycles. The molecule has 0 amide bonds. The Hall–Kier alpha value is -2.73. The molecule has 25 heavy (non-hydrogen) atoms. The van der Waals surface area contributed by atoms with Crippen LogP contribution in [0, 0.1) is 0 Å². The van der Waals surface area contributed by atoms with E-state index in [-0.39, 0.29) is 11.9 Å². The van der Waals surface area contributed by atoms with Gasteiger partial charge >= 0.3 is 0 Å². The van der Waals surface area contributed by atoms with E-state index in [9.17, 15) is 9.90 Å². The van der Waals surface area contributed by atoms with Crippen molar-refractivity contribution < 1.29 is 9.90 Å². The Morgan fingerprint density at radius 3 is 2.80 bits per heavy atom. The van der Waals surface area contributed by atoms with Crippen molar-refractivity contribution in [3.63, 3.8) is 0 Å². The number of Topliss-reactive ketones (excluding diaryl/α,β-unsaturated/α-hetero) is 1. The molecule has 6 heteroatoms. The van der Waals surface area contributed by atoms with Gasteiger partial charge in [0.15, 0.2) is 11.4 Å². The summed E-state index contributed by atoms with van der Waals surface area (Å²) in [6.45, 7) is 3.17. The van der Waals surface area contributed by atoms with E-state index in [0.717, 1.165) is 48.5 Å². The Balaban J connectivity index is 1.77. The lowest BCUT2D eigenvalue weighted by Crippen LogP contribution is -2.36. The Kier molecular flexibility index (Phi) is 3.97. The summed E-state index contributed by atoms with van der Waals surface area (Å²) in [5.41, 5.74) is 3.28. The Morgan fingerprint density at radius 2 is 2.04 bits per heavy atom. The number of rotatable bonds is 3. The molecular weight excluding hydrogens is 316 g/mol. The normalized spacial score (nSPS) is 15.7. The number of aliphatic hydroxyl groups is 1. The lowest BCUT2D eigenvalue weighted by atomic mass is 10.0. The fourth-order valence-electron chi connectivity index (χ4n) is 3.32. The molecule has 1 N–H and O–H groups in total. The van der Waals surface area contributed by atoms with Crippen LogP contribution in [-0.4, -0.2) is 44.7 Å². The monoisotopic (exact) mass is 336 g/mol. The number of hydrogen-bond donors (Lipinski definition) is 1. The van der Waals surface area contributed by atoms with Crippen LogP contribution >= 0.6 is 0 Å². The highest BCUT2D eigenvalue weighted by Crippen LogP contribution is 2.28. The summed E-state index contributed by atoms with van der Waals surface area (Å²) in [4.78, 5) is 18.4. The van der Waals surface area contributed by atoms with E-state index in [1.807, 2.05) is 34.8 Å². The van der Waals surface area contributed by atoms with Crippen LogP contribution in [-0.2, 0) is 0 Å². The number of aromatic nitrogens is 3. The molecule has 2 aromatic heterocycles. The fourth-order valence-corrected chi connectivity index (χ4v) is 3.32. The molecule has 128 valence electrons. The molecule has 0 bridgehead atoms. The van der Waals surface area contributed by atoms with Crippen molar-refractivity contribution in [2.24, 2.45) is 0 Å². The zero-order valence-electron chi connectivity index (χ0n) is 14.1. The van der Waals surface area contributed by atoms with Crippen molar-refractivity contribution in [2.45, 2.75) is 25.9 Å². The van der Waals surface area contributed by atoms with Gasteiger partial charge in [0.1, 0.15) is 5.82 Å². The van der Waals surface area contributed by atoms with E-state index in [1.54, 1.807) is 19.3 Å². The second kappa shape index (κ2) is 6.29. The first-order chi connectivity index (χ1) is 12.1. The van der Waals surface area contributed by atoms with Crippen LogP contribution in [0.15, 0.2) is 42.7 Å². The SMILES string of the molecule is CC(=O)c1cccc(-c2cnn3c(N4CCC(O)CC4)ccnc23)c1. The van der Waals surface area contributed by atoms with E-state index < -0.39 is 0 Å². The topological polar surface area (TPSA) is 70.7 Å².